The summed E-state index contributed by atoms with van der Waals surface area (Å²) < 4.78 is 0. The second-order valence-corrected chi connectivity index (χ2v) is 17.3. The smallest absolute Gasteiger partial charge is 0.326 e. The standard InChI is InChI=1S/C46H60N8O14S/c55-36(24-33(22-31-6-2-1-3-7-31)44(66)49-37(45(67)68)8-4-5-15-54-38(56)13-14-39(54)57)25-47-46(69)48-34-11-9-32(10-12-34)23-35-26-52(29-42(62)63)19-18-50(27-40(58)59)16-17-51(28-41(60)61)20-21-53(35)30-43(64)65/h1-3,6-7,9-14,33,35,37H,4-5,8,15-30H2,(H,49,66)(H,58,59)(H,60,61)(H,62,63)(H,64,65)(H,67,68)(H2,47,48,69)/t33-,35?,37+/m1/s1. The van der Waals surface area contributed by atoms with E-state index in [9.17, 15) is 68.7 Å². The molecule has 1 unspecified atom stereocenters. The third-order valence-electron chi connectivity index (χ3n) is 11.5. The Bertz CT molecular complexity index is 2160. The average Bonchev–Trinajstić information content (AvgIpc) is 3.60. The number of imide groups is 1. The van der Waals surface area contributed by atoms with Crippen LogP contribution in [0.25, 0.3) is 0 Å². The van der Waals surface area contributed by atoms with Gasteiger partial charge in [-0.25, -0.2) is 4.79 Å². The van der Waals surface area contributed by atoms with Crippen LogP contribution >= 0.6 is 12.2 Å². The Morgan fingerprint density at radius 3 is 1.78 bits per heavy atom. The molecule has 2 aliphatic heterocycles. The summed E-state index contributed by atoms with van der Waals surface area (Å²) in [5.74, 6) is -8.55. The fourth-order valence-electron chi connectivity index (χ4n) is 8.03. The zero-order valence-electron chi connectivity index (χ0n) is 38.1. The van der Waals surface area contributed by atoms with E-state index in [1.807, 2.05) is 0 Å². The SMILES string of the molecule is O=C(O)CN1CCN(CC(=O)O)CCN(CC(=O)O)C(Cc2ccc(NC(=S)NCC(=O)C[C@@H](Cc3ccccc3)C(=O)N[C@@H](CCCCN3C(=O)C=CC3=O)C(=O)O)cc2)CN(CC(=O)O)CC1. The summed E-state index contributed by atoms with van der Waals surface area (Å²) in [6.07, 6.45) is 3.13. The van der Waals surface area contributed by atoms with Crippen molar-refractivity contribution in [1.29, 1.82) is 0 Å². The number of carbonyl (C=O) groups is 9. The summed E-state index contributed by atoms with van der Waals surface area (Å²) in [6.45, 7) is -0.596. The van der Waals surface area contributed by atoms with E-state index in [-0.39, 0.29) is 115 Å². The van der Waals surface area contributed by atoms with Crippen molar-refractivity contribution >= 4 is 76.4 Å². The molecule has 0 aromatic heterocycles. The quantitative estimate of drug-likeness (QED) is 0.0367. The highest BCUT2D eigenvalue weighted by atomic mass is 32.1. The highest BCUT2D eigenvalue weighted by Crippen LogP contribution is 2.18. The van der Waals surface area contributed by atoms with Gasteiger partial charge in [-0.2, -0.15) is 0 Å². The van der Waals surface area contributed by atoms with Crippen LogP contribution in [-0.2, 0) is 56.0 Å². The number of nitrogens with zero attached hydrogens (tertiary/aromatic N) is 5. The van der Waals surface area contributed by atoms with Gasteiger partial charge in [-0.05, 0) is 67.6 Å². The number of aliphatic carboxylic acids is 5. The van der Waals surface area contributed by atoms with Crippen molar-refractivity contribution in [2.45, 2.75) is 50.6 Å². The third-order valence-corrected chi connectivity index (χ3v) is 11.8. The number of carbonyl (C=O) groups excluding carboxylic acids is 4. The van der Waals surface area contributed by atoms with Gasteiger partial charge in [-0.1, -0.05) is 42.5 Å². The second-order valence-electron chi connectivity index (χ2n) is 16.9. The van der Waals surface area contributed by atoms with E-state index in [4.69, 9.17) is 12.2 Å². The molecule has 2 aliphatic rings. The summed E-state index contributed by atoms with van der Waals surface area (Å²) in [6, 6.07) is 14.0. The lowest BCUT2D eigenvalue weighted by atomic mass is 9.92. The lowest BCUT2D eigenvalue weighted by Crippen LogP contribution is -2.53. The molecule has 374 valence electrons. The summed E-state index contributed by atoms with van der Waals surface area (Å²) in [7, 11) is 0. The molecule has 22 nitrogen and oxygen atoms in total. The molecule has 0 aliphatic carbocycles. The molecule has 3 atom stereocenters. The molecule has 23 heteroatoms. The number of rotatable bonds is 25. The average molecular weight is 981 g/mol. The van der Waals surface area contributed by atoms with E-state index >= 15 is 0 Å². The molecule has 2 aromatic rings. The van der Waals surface area contributed by atoms with Crippen LogP contribution in [0.3, 0.4) is 0 Å². The zero-order valence-corrected chi connectivity index (χ0v) is 38.9. The molecule has 8 N–H and O–H groups in total. The predicted octanol–water partition coefficient (Wildman–Crippen LogP) is -0.0731. The van der Waals surface area contributed by atoms with Crippen LogP contribution < -0.4 is 16.0 Å². The molecule has 69 heavy (non-hydrogen) atoms. The summed E-state index contributed by atoms with van der Waals surface area (Å²) in [4.78, 5) is 118. The molecule has 3 amide bonds. The summed E-state index contributed by atoms with van der Waals surface area (Å²) in [5.41, 5.74) is 2.02. The Hall–Kier alpha value is -6.66. The first kappa shape index (κ1) is 54.9. The molecule has 0 saturated carbocycles. The number of carboxylic acids is 5. The summed E-state index contributed by atoms with van der Waals surface area (Å²) >= 11 is 5.46. The predicted molar refractivity (Wildman–Crippen MR) is 252 cm³/mol. The van der Waals surface area contributed by atoms with Crippen molar-refractivity contribution in [3.63, 3.8) is 0 Å². The topological polar surface area (TPSA) is 307 Å². The number of thiocarbonyl (C=S) groups is 1. The van der Waals surface area contributed by atoms with Gasteiger partial charge in [0, 0.05) is 88.6 Å². The van der Waals surface area contributed by atoms with Crippen LogP contribution in [0.4, 0.5) is 5.69 Å². The molecule has 4 rings (SSSR count). The Balaban J connectivity index is 1.39. The minimum Gasteiger partial charge on any atom is -0.480 e. The van der Waals surface area contributed by atoms with E-state index in [2.05, 4.69) is 16.0 Å². The van der Waals surface area contributed by atoms with Crippen LogP contribution in [0, 0.1) is 5.92 Å². The van der Waals surface area contributed by atoms with E-state index in [1.165, 1.54) is 0 Å². The van der Waals surface area contributed by atoms with Gasteiger partial charge in [0.05, 0.1) is 32.7 Å². The number of unbranched alkanes of at least 4 members (excludes halogenated alkanes) is 1. The lowest BCUT2D eigenvalue weighted by Gasteiger charge is -2.37. The number of hydrogen-bond acceptors (Lipinski definition) is 14. The molecule has 0 radical (unpaired) electrons. The van der Waals surface area contributed by atoms with Gasteiger partial charge in [0.2, 0.25) is 5.91 Å². The molecule has 0 spiro atoms. The number of nitrogens with one attached hydrogen (secondary N) is 3. The molecule has 2 heterocycles. The van der Waals surface area contributed by atoms with Gasteiger partial charge < -0.3 is 41.5 Å². The Morgan fingerprint density at radius 1 is 0.667 bits per heavy atom. The normalized spacial score (nSPS) is 17.5. The van der Waals surface area contributed by atoms with Gasteiger partial charge in [-0.3, -0.25) is 62.9 Å². The van der Waals surface area contributed by atoms with Crippen LogP contribution in [0.15, 0.2) is 66.7 Å². The number of Topliss-reactive ketones (excluding diaryl/α,β-unsaturated/α-hetero) is 1. The maximum atomic E-state index is 13.6. The van der Waals surface area contributed by atoms with Crippen molar-refractivity contribution in [2.75, 3.05) is 90.4 Å². The van der Waals surface area contributed by atoms with Crippen LogP contribution in [-0.4, -0.2) is 206 Å². The maximum Gasteiger partial charge on any atom is 0.326 e. The number of ketones is 1. The summed E-state index contributed by atoms with van der Waals surface area (Å²) in [5, 5.41) is 57.1. The Morgan fingerprint density at radius 2 is 1.22 bits per heavy atom. The molecular weight excluding hydrogens is 921 g/mol. The van der Waals surface area contributed by atoms with E-state index < -0.39 is 72.1 Å². The number of anilines is 1. The van der Waals surface area contributed by atoms with Gasteiger partial charge in [0.1, 0.15) is 6.04 Å². The van der Waals surface area contributed by atoms with Gasteiger partial charge in [0.15, 0.2) is 10.9 Å². The molecule has 2 aromatic carbocycles. The largest absolute Gasteiger partial charge is 0.480 e. The fourth-order valence-corrected chi connectivity index (χ4v) is 8.22. The molecule has 1 saturated heterocycles. The fraction of sp³-hybridized carbons (Fsp3) is 0.478. The van der Waals surface area contributed by atoms with Crippen molar-refractivity contribution in [3.8, 4) is 0 Å². The number of carboxylic acid groups (broad SMARTS) is 5. The first-order chi connectivity index (χ1) is 32.8. The minimum absolute atomic E-state index is 0.0277. The van der Waals surface area contributed by atoms with Gasteiger partial charge >= 0.3 is 29.8 Å². The van der Waals surface area contributed by atoms with Crippen LogP contribution in [0.1, 0.15) is 36.8 Å². The van der Waals surface area contributed by atoms with Crippen molar-refractivity contribution < 1.29 is 68.7 Å². The third kappa shape index (κ3) is 20.2. The van der Waals surface area contributed by atoms with E-state index in [0.29, 0.717) is 18.5 Å². The first-order valence-corrected chi connectivity index (χ1v) is 22.8. The molecule has 1 fully saturated rings. The second kappa shape index (κ2) is 28.0. The minimum atomic E-state index is -1.28. The Labute approximate surface area is 403 Å². The zero-order chi connectivity index (χ0) is 50.5. The van der Waals surface area contributed by atoms with Crippen LogP contribution in [0.2, 0.25) is 0 Å². The molecule has 0 bridgehead atoms. The van der Waals surface area contributed by atoms with E-state index in [1.54, 1.807) is 74.2 Å². The Kier molecular flexibility index (Phi) is 22.3. The molecular formula is C46H60N8O14S. The highest BCUT2D eigenvalue weighted by Gasteiger charge is 2.30. The van der Waals surface area contributed by atoms with Crippen molar-refractivity contribution in [3.05, 3.63) is 77.9 Å². The first-order valence-electron chi connectivity index (χ1n) is 22.4. The lowest BCUT2D eigenvalue weighted by molar-refractivity contribution is -0.143. The van der Waals surface area contributed by atoms with Crippen molar-refractivity contribution in [2.24, 2.45) is 5.92 Å². The van der Waals surface area contributed by atoms with Crippen molar-refractivity contribution in [1.82, 2.24) is 35.1 Å². The van der Waals surface area contributed by atoms with Gasteiger partial charge in [0.25, 0.3) is 11.8 Å². The monoisotopic (exact) mass is 980 g/mol. The van der Waals surface area contributed by atoms with Crippen LogP contribution in [0.5, 0.6) is 0 Å². The maximum absolute atomic E-state index is 13.6. The number of benzene rings is 2. The number of amides is 3. The van der Waals surface area contributed by atoms with Gasteiger partial charge in [-0.15, -0.1) is 0 Å². The highest BCUT2D eigenvalue weighted by molar-refractivity contribution is 7.80. The van der Waals surface area contributed by atoms with E-state index in [0.717, 1.165) is 28.2 Å². The number of hydrogen-bond donors (Lipinski definition) is 8.